The van der Waals surface area contributed by atoms with Crippen LogP contribution in [0.15, 0.2) is 30.5 Å². The van der Waals surface area contributed by atoms with Crippen LogP contribution in [0.3, 0.4) is 0 Å². The lowest BCUT2D eigenvalue weighted by molar-refractivity contribution is -0.137. The summed E-state index contributed by atoms with van der Waals surface area (Å²) in [6, 6.07) is 4.45. The molecule has 7 heteroatoms. The molecule has 0 fully saturated rings. The van der Waals surface area contributed by atoms with Crippen LogP contribution in [0.4, 0.5) is 19.0 Å². The highest BCUT2D eigenvalue weighted by Crippen LogP contribution is 2.32. The minimum Gasteiger partial charge on any atom is -0.384 e. The van der Waals surface area contributed by atoms with Gasteiger partial charge in [-0.15, -0.1) is 0 Å². The van der Waals surface area contributed by atoms with Crippen molar-refractivity contribution >= 4 is 5.82 Å². The number of aromatic amines is 1. The van der Waals surface area contributed by atoms with Gasteiger partial charge in [0.15, 0.2) is 0 Å². The molecule has 4 nitrogen and oxygen atoms in total. The number of rotatable bonds is 2. The van der Waals surface area contributed by atoms with E-state index >= 15 is 0 Å². The van der Waals surface area contributed by atoms with Crippen LogP contribution in [-0.2, 0) is 6.18 Å². The Morgan fingerprint density at radius 2 is 2.06 bits per heavy atom. The van der Waals surface area contributed by atoms with Crippen LogP contribution in [0.5, 0.6) is 0 Å². The van der Waals surface area contributed by atoms with E-state index in [4.69, 9.17) is 5.73 Å². The van der Waals surface area contributed by atoms with E-state index in [1.54, 1.807) is 0 Å². The van der Waals surface area contributed by atoms with Crippen molar-refractivity contribution in [3.05, 3.63) is 47.2 Å². The smallest absolute Gasteiger partial charge is 0.384 e. The fourth-order valence-corrected chi connectivity index (χ4v) is 1.59. The molecule has 1 heterocycles. The third-order valence-corrected chi connectivity index (χ3v) is 2.52. The van der Waals surface area contributed by atoms with Crippen LogP contribution in [0.25, 0.3) is 0 Å². The summed E-state index contributed by atoms with van der Waals surface area (Å²) in [6.07, 6.45) is -4.41. The number of aliphatic hydroxyl groups is 1. The van der Waals surface area contributed by atoms with Crippen molar-refractivity contribution in [1.82, 2.24) is 10.2 Å². The van der Waals surface area contributed by atoms with E-state index in [9.17, 15) is 18.3 Å². The molecule has 0 aliphatic heterocycles. The van der Waals surface area contributed by atoms with Crippen LogP contribution < -0.4 is 5.73 Å². The number of aliphatic hydroxyl groups excluding tert-OH is 1. The van der Waals surface area contributed by atoms with Crippen molar-refractivity contribution in [3.63, 3.8) is 0 Å². The SMILES string of the molecule is Nc1[nH]ncc1C(O)c1cccc(C(F)(F)F)c1. The average Bonchev–Trinajstić information content (AvgIpc) is 2.73. The summed E-state index contributed by atoms with van der Waals surface area (Å²) >= 11 is 0. The van der Waals surface area contributed by atoms with E-state index in [1.807, 2.05) is 0 Å². The normalized spacial score (nSPS) is 13.6. The molecule has 96 valence electrons. The number of nitrogens with two attached hydrogens (primary N) is 1. The molecule has 2 rings (SSSR count). The number of hydrogen-bond donors (Lipinski definition) is 3. The number of nitrogen functional groups attached to an aromatic ring is 1. The summed E-state index contributed by atoms with van der Waals surface area (Å²) in [6.45, 7) is 0. The molecule has 1 unspecified atom stereocenters. The van der Waals surface area contributed by atoms with E-state index in [0.717, 1.165) is 12.1 Å². The minimum absolute atomic E-state index is 0.109. The van der Waals surface area contributed by atoms with Gasteiger partial charge in [0.1, 0.15) is 11.9 Å². The minimum atomic E-state index is -4.45. The van der Waals surface area contributed by atoms with Crippen LogP contribution >= 0.6 is 0 Å². The molecule has 0 radical (unpaired) electrons. The number of anilines is 1. The molecule has 0 amide bonds. The van der Waals surface area contributed by atoms with E-state index in [-0.39, 0.29) is 16.9 Å². The van der Waals surface area contributed by atoms with Gasteiger partial charge >= 0.3 is 6.18 Å². The molecule has 0 saturated heterocycles. The maximum Gasteiger partial charge on any atom is 0.416 e. The number of aromatic nitrogens is 2. The Kier molecular flexibility index (Phi) is 3.00. The molecular weight excluding hydrogens is 247 g/mol. The number of nitrogens with zero attached hydrogens (tertiary/aromatic N) is 1. The van der Waals surface area contributed by atoms with Crippen molar-refractivity contribution in [3.8, 4) is 0 Å². The molecule has 4 N–H and O–H groups in total. The van der Waals surface area contributed by atoms with Crippen molar-refractivity contribution in [2.24, 2.45) is 0 Å². The molecule has 0 saturated carbocycles. The van der Waals surface area contributed by atoms with Crippen molar-refractivity contribution in [1.29, 1.82) is 0 Å². The maximum atomic E-state index is 12.5. The molecule has 1 aromatic carbocycles. The number of alkyl halides is 3. The number of nitrogens with one attached hydrogen (secondary N) is 1. The first-order chi connectivity index (χ1) is 8.39. The second-order valence-electron chi connectivity index (χ2n) is 3.76. The highest BCUT2D eigenvalue weighted by Gasteiger charge is 2.31. The van der Waals surface area contributed by atoms with Gasteiger partial charge in [0, 0.05) is 5.56 Å². The van der Waals surface area contributed by atoms with E-state index in [0.29, 0.717) is 0 Å². The molecule has 2 aromatic rings. The highest BCUT2D eigenvalue weighted by molar-refractivity contribution is 5.43. The zero-order valence-corrected chi connectivity index (χ0v) is 9.07. The Hall–Kier alpha value is -2.02. The predicted molar refractivity (Wildman–Crippen MR) is 58.5 cm³/mol. The van der Waals surface area contributed by atoms with E-state index in [1.165, 1.54) is 18.3 Å². The first kappa shape index (κ1) is 12.4. The Morgan fingerprint density at radius 3 is 2.61 bits per heavy atom. The lowest BCUT2D eigenvalue weighted by atomic mass is 10.0. The lowest BCUT2D eigenvalue weighted by Gasteiger charge is -2.13. The van der Waals surface area contributed by atoms with Crippen molar-refractivity contribution in [2.75, 3.05) is 5.73 Å². The molecule has 1 atom stereocenters. The van der Waals surface area contributed by atoms with Crippen molar-refractivity contribution in [2.45, 2.75) is 12.3 Å². The fraction of sp³-hybridized carbons (Fsp3) is 0.182. The number of H-pyrrole nitrogens is 1. The van der Waals surface area contributed by atoms with Crippen LogP contribution in [-0.4, -0.2) is 15.3 Å². The van der Waals surface area contributed by atoms with Crippen LogP contribution in [0.1, 0.15) is 22.8 Å². The molecule has 0 bridgehead atoms. The maximum absolute atomic E-state index is 12.5. The van der Waals surface area contributed by atoms with E-state index < -0.39 is 17.8 Å². The molecule has 18 heavy (non-hydrogen) atoms. The third kappa shape index (κ3) is 2.30. The molecule has 0 spiro atoms. The number of hydrogen-bond acceptors (Lipinski definition) is 3. The Balaban J connectivity index is 2.38. The largest absolute Gasteiger partial charge is 0.416 e. The Bertz CT molecular complexity index is 550. The molecule has 0 aliphatic carbocycles. The van der Waals surface area contributed by atoms with Gasteiger partial charge in [0.25, 0.3) is 0 Å². The summed E-state index contributed by atoms with van der Waals surface area (Å²) in [4.78, 5) is 0. The first-order valence-electron chi connectivity index (χ1n) is 5.03. The van der Waals surface area contributed by atoms with Gasteiger partial charge in [-0.25, -0.2) is 0 Å². The zero-order chi connectivity index (χ0) is 13.3. The molecule has 0 aliphatic rings. The van der Waals surface area contributed by atoms with Gasteiger partial charge in [-0.2, -0.15) is 18.3 Å². The number of benzene rings is 1. The lowest BCUT2D eigenvalue weighted by Crippen LogP contribution is -2.07. The van der Waals surface area contributed by atoms with E-state index in [2.05, 4.69) is 10.2 Å². The fourth-order valence-electron chi connectivity index (χ4n) is 1.59. The quantitative estimate of drug-likeness (QED) is 0.771. The number of halogens is 3. The summed E-state index contributed by atoms with van der Waals surface area (Å²) in [7, 11) is 0. The summed E-state index contributed by atoms with van der Waals surface area (Å²) in [5.74, 6) is 0.125. The average molecular weight is 257 g/mol. The van der Waals surface area contributed by atoms with Crippen LogP contribution in [0, 0.1) is 0 Å². The summed E-state index contributed by atoms with van der Waals surface area (Å²) in [5, 5.41) is 16.0. The zero-order valence-electron chi connectivity index (χ0n) is 9.07. The van der Waals surface area contributed by atoms with Gasteiger partial charge in [-0.05, 0) is 17.7 Å². The van der Waals surface area contributed by atoms with Crippen molar-refractivity contribution < 1.29 is 18.3 Å². The summed E-state index contributed by atoms with van der Waals surface area (Å²) < 4.78 is 37.6. The van der Waals surface area contributed by atoms with Gasteiger partial charge in [0.2, 0.25) is 0 Å². The topological polar surface area (TPSA) is 74.9 Å². The molecule has 1 aromatic heterocycles. The van der Waals surface area contributed by atoms with Gasteiger partial charge in [-0.3, -0.25) is 5.10 Å². The van der Waals surface area contributed by atoms with Gasteiger partial charge in [-0.1, -0.05) is 12.1 Å². The predicted octanol–water partition coefficient (Wildman–Crippen LogP) is 2.09. The molecular formula is C11H10F3N3O. The second kappa shape index (κ2) is 4.34. The van der Waals surface area contributed by atoms with Gasteiger partial charge in [0.05, 0.1) is 11.8 Å². The van der Waals surface area contributed by atoms with Gasteiger partial charge < -0.3 is 10.8 Å². The standard InChI is InChI=1S/C11H10F3N3O/c12-11(13,14)7-3-1-2-6(4-7)9(18)8-5-16-17-10(8)15/h1-5,9,18H,(H3,15,16,17). The third-order valence-electron chi connectivity index (χ3n) is 2.52. The Labute approximate surface area is 100 Å². The highest BCUT2D eigenvalue weighted by atomic mass is 19.4. The monoisotopic (exact) mass is 257 g/mol. The van der Waals surface area contributed by atoms with Crippen LogP contribution in [0.2, 0.25) is 0 Å². The Morgan fingerprint density at radius 1 is 1.33 bits per heavy atom. The summed E-state index contributed by atoms with van der Waals surface area (Å²) in [5.41, 5.74) is 5.04. The second-order valence-corrected chi connectivity index (χ2v) is 3.76. The first-order valence-corrected chi connectivity index (χ1v) is 5.03.